The van der Waals surface area contributed by atoms with Crippen molar-refractivity contribution in [2.45, 2.75) is 52.0 Å². The van der Waals surface area contributed by atoms with Crippen molar-refractivity contribution in [2.24, 2.45) is 11.3 Å². The van der Waals surface area contributed by atoms with Crippen LogP contribution < -0.4 is 30.7 Å². The fraction of sp³-hybridized carbons (Fsp3) is 0.457. The highest BCUT2D eigenvalue weighted by molar-refractivity contribution is 5.85. The first-order chi connectivity index (χ1) is 23.2. The number of methoxy groups -OCH3 is 1. The van der Waals surface area contributed by atoms with Crippen LogP contribution in [0, 0.1) is 11.3 Å². The van der Waals surface area contributed by atoms with Crippen LogP contribution in [0.25, 0.3) is 5.69 Å². The lowest BCUT2D eigenvalue weighted by Gasteiger charge is -2.33. The van der Waals surface area contributed by atoms with Crippen molar-refractivity contribution in [3.63, 3.8) is 0 Å². The Morgan fingerprint density at radius 1 is 1.08 bits per heavy atom. The van der Waals surface area contributed by atoms with Gasteiger partial charge in [-0.25, -0.2) is 4.68 Å². The van der Waals surface area contributed by atoms with E-state index in [0.29, 0.717) is 69.3 Å². The maximum atomic E-state index is 14.3. The van der Waals surface area contributed by atoms with E-state index in [0.717, 1.165) is 36.6 Å². The molecule has 1 aliphatic carbocycles. The SMILES string of the molecule is CC(=O)O.COc1ccc2cc1OCC(=O)NCCNCCCC(=O)NCC(CC1CC1)(C(=O)NCc1ccccc1-n1cccn1)C2. The minimum Gasteiger partial charge on any atom is -0.493 e. The number of rotatable bonds is 7. The van der Waals surface area contributed by atoms with E-state index in [-0.39, 0.29) is 30.9 Å². The van der Waals surface area contributed by atoms with E-state index in [2.05, 4.69) is 26.4 Å². The summed E-state index contributed by atoms with van der Waals surface area (Å²) < 4.78 is 13.2. The number of ether oxygens (including phenoxy) is 2. The molecule has 258 valence electrons. The zero-order valence-electron chi connectivity index (χ0n) is 27.6. The molecule has 0 spiro atoms. The molecule has 2 heterocycles. The number of para-hydroxylation sites is 1. The molecular weight excluding hydrogens is 616 g/mol. The highest BCUT2D eigenvalue weighted by Gasteiger charge is 2.43. The van der Waals surface area contributed by atoms with Gasteiger partial charge >= 0.3 is 0 Å². The first-order valence-electron chi connectivity index (χ1n) is 16.3. The van der Waals surface area contributed by atoms with E-state index in [1.807, 2.05) is 48.7 Å². The number of fused-ring (bicyclic) bond motifs is 2. The lowest BCUT2D eigenvalue weighted by molar-refractivity contribution is -0.135. The highest BCUT2D eigenvalue weighted by atomic mass is 16.5. The van der Waals surface area contributed by atoms with E-state index >= 15 is 0 Å². The molecule has 1 saturated carbocycles. The summed E-state index contributed by atoms with van der Waals surface area (Å²) in [5.41, 5.74) is 1.78. The number of hydrogen-bond donors (Lipinski definition) is 5. The van der Waals surface area contributed by atoms with Crippen LogP contribution >= 0.6 is 0 Å². The van der Waals surface area contributed by atoms with Crippen LogP contribution in [0.3, 0.4) is 0 Å². The number of benzene rings is 2. The number of carbonyl (C=O) groups is 4. The summed E-state index contributed by atoms with van der Waals surface area (Å²) in [5.74, 6) is 0.0627. The number of hydrogen-bond acceptors (Lipinski definition) is 8. The molecule has 1 atom stereocenters. The fourth-order valence-electron chi connectivity index (χ4n) is 5.67. The van der Waals surface area contributed by atoms with Gasteiger partial charge in [-0.05, 0) is 67.1 Å². The first kappa shape index (κ1) is 35.9. The predicted molar refractivity (Wildman–Crippen MR) is 179 cm³/mol. The normalized spacial score (nSPS) is 19.1. The van der Waals surface area contributed by atoms with Crippen LogP contribution in [0.1, 0.15) is 50.2 Å². The summed E-state index contributed by atoms with van der Waals surface area (Å²) in [6, 6.07) is 15.2. The molecule has 3 amide bonds. The summed E-state index contributed by atoms with van der Waals surface area (Å²) in [4.78, 5) is 48.7. The number of carboxylic acid groups (broad SMARTS) is 1. The standard InChI is InChI=1S/C33H42N6O5.C2H4O2/c1-43-28-12-11-25-18-29(28)44-22-31(41)35-16-15-34-13-4-8-30(40)37-23-33(20-25,19-24-9-10-24)32(42)36-21-26-6-2-3-7-27(26)39-17-5-14-38-39;1-2(3)4/h2-3,5-7,11-12,14,17-18,24,34H,4,8-10,13,15-16,19-23H2,1H3,(H,35,41)(H,36,42)(H,37,40);1H3,(H,3,4). The van der Waals surface area contributed by atoms with Gasteiger partial charge in [-0.2, -0.15) is 5.10 Å². The molecule has 1 aromatic heterocycles. The van der Waals surface area contributed by atoms with Gasteiger partial charge in [0.2, 0.25) is 11.8 Å². The van der Waals surface area contributed by atoms with Gasteiger partial charge in [-0.1, -0.05) is 37.1 Å². The second-order valence-corrected chi connectivity index (χ2v) is 12.1. The number of carboxylic acids is 1. The van der Waals surface area contributed by atoms with Gasteiger partial charge in [0.25, 0.3) is 11.9 Å². The maximum Gasteiger partial charge on any atom is 0.300 e. The molecule has 2 aromatic carbocycles. The Bertz CT molecular complexity index is 1520. The van der Waals surface area contributed by atoms with E-state index < -0.39 is 11.4 Å². The number of nitrogens with zero attached hydrogens (tertiary/aromatic N) is 2. The van der Waals surface area contributed by atoms with Gasteiger partial charge in [0.05, 0.1) is 18.2 Å². The highest BCUT2D eigenvalue weighted by Crippen LogP contribution is 2.43. The van der Waals surface area contributed by atoms with Crippen LogP contribution in [0.5, 0.6) is 11.5 Å². The lowest BCUT2D eigenvalue weighted by atomic mass is 9.75. The van der Waals surface area contributed by atoms with Crippen molar-refractivity contribution in [3.05, 3.63) is 72.1 Å². The number of aliphatic carboxylic acids is 1. The molecule has 5 N–H and O–H groups in total. The van der Waals surface area contributed by atoms with Crippen molar-refractivity contribution in [3.8, 4) is 17.2 Å². The molecule has 1 unspecified atom stereocenters. The van der Waals surface area contributed by atoms with Gasteiger partial charge in [0.15, 0.2) is 18.1 Å². The molecule has 48 heavy (non-hydrogen) atoms. The van der Waals surface area contributed by atoms with Crippen LogP contribution in [0.15, 0.2) is 60.9 Å². The Morgan fingerprint density at radius 3 is 2.60 bits per heavy atom. The minimum atomic E-state index is -0.898. The summed E-state index contributed by atoms with van der Waals surface area (Å²) in [5, 5.41) is 24.2. The Kier molecular flexibility index (Phi) is 13.4. The topological polar surface area (TPSA) is 173 Å². The zero-order chi connectivity index (χ0) is 34.4. The van der Waals surface area contributed by atoms with E-state index in [4.69, 9.17) is 19.4 Å². The Hall–Kier alpha value is -4.91. The molecule has 0 radical (unpaired) electrons. The molecule has 2 bridgehead atoms. The summed E-state index contributed by atoms with van der Waals surface area (Å²) in [6.45, 7) is 3.14. The van der Waals surface area contributed by atoms with E-state index in [1.165, 1.54) is 0 Å². The third-order valence-corrected chi connectivity index (χ3v) is 8.17. The number of amides is 3. The summed E-state index contributed by atoms with van der Waals surface area (Å²) in [6.07, 6.45) is 7.73. The van der Waals surface area contributed by atoms with Gasteiger partial charge in [-0.3, -0.25) is 19.2 Å². The maximum absolute atomic E-state index is 14.3. The van der Waals surface area contributed by atoms with Crippen molar-refractivity contribution in [1.29, 1.82) is 0 Å². The van der Waals surface area contributed by atoms with Crippen molar-refractivity contribution in [1.82, 2.24) is 31.0 Å². The average Bonchev–Trinajstić information content (AvgIpc) is 3.71. The van der Waals surface area contributed by atoms with E-state index in [9.17, 15) is 14.4 Å². The van der Waals surface area contributed by atoms with Crippen molar-refractivity contribution in [2.75, 3.05) is 39.9 Å². The number of aromatic nitrogens is 2. The van der Waals surface area contributed by atoms with Crippen molar-refractivity contribution >= 4 is 23.7 Å². The van der Waals surface area contributed by atoms with Crippen LogP contribution in [-0.4, -0.2) is 78.5 Å². The van der Waals surface area contributed by atoms with Crippen LogP contribution in [-0.2, 0) is 32.1 Å². The van der Waals surface area contributed by atoms with Crippen molar-refractivity contribution < 1.29 is 33.8 Å². The third kappa shape index (κ3) is 11.1. The zero-order valence-corrected chi connectivity index (χ0v) is 27.6. The Morgan fingerprint density at radius 2 is 1.88 bits per heavy atom. The van der Waals surface area contributed by atoms with Gasteiger partial charge < -0.3 is 35.8 Å². The largest absolute Gasteiger partial charge is 0.493 e. The molecule has 13 heteroatoms. The second-order valence-electron chi connectivity index (χ2n) is 12.1. The average molecular weight is 663 g/mol. The second kappa shape index (κ2) is 17.9. The number of carbonyl (C=O) groups excluding carboxylic acids is 3. The minimum absolute atomic E-state index is 0.0861. The van der Waals surface area contributed by atoms with Gasteiger partial charge in [0.1, 0.15) is 0 Å². The Balaban J connectivity index is 0.00000123. The molecular formula is C35H46N6O7. The van der Waals surface area contributed by atoms with Crippen LogP contribution in [0.4, 0.5) is 0 Å². The molecule has 2 aliphatic rings. The third-order valence-electron chi connectivity index (χ3n) is 8.17. The molecule has 0 saturated heterocycles. The summed E-state index contributed by atoms with van der Waals surface area (Å²) >= 11 is 0. The van der Waals surface area contributed by atoms with E-state index in [1.54, 1.807) is 24.1 Å². The fourth-order valence-corrected chi connectivity index (χ4v) is 5.67. The van der Waals surface area contributed by atoms with Gasteiger partial charge in [-0.15, -0.1) is 0 Å². The summed E-state index contributed by atoms with van der Waals surface area (Å²) in [7, 11) is 1.55. The first-order valence-corrected chi connectivity index (χ1v) is 16.3. The molecule has 13 nitrogen and oxygen atoms in total. The van der Waals surface area contributed by atoms with Crippen LogP contribution in [0.2, 0.25) is 0 Å². The smallest absolute Gasteiger partial charge is 0.300 e. The molecule has 1 fully saturated rings. The molecule has 5 rings (SSSR count). The quantitative estimate of drug-likeness (QED) is 0.255. The monoisotopic (exact) mass is 662 g/mol. The Labute approximate surface area is 280 Å². The van der Waals surface area contributed by atoms with Gasteiger partial charge in [0, 0.05) is 51.9 Å². The predicted octanol–water partition coefficient (Wildman–Crippen LogP) is 2.61. The molecule has 1 aliphatic heterocycles. The number of nitrogens with one attached hydrogen (secondary N) is 4. The lowest BCUT2D eigenvalue weighted by Crippen LogP contribution is -2.50. The molecule has 3 aromatic rings.